The van der Waals surface area contributed by atoms with Crippen LogP contribution in [0.15, 0.2) is 65.8 Å². The topological polar surface area (TPSA) is 84.6 Å². The van der Waals surface area contributed by atoms with Crippen molar-refractivity contribution >= 4 is 33.9 Å². The maximum atomic E-state index is 12.6. The van der Waals surface area contributed by atoms with Crippen LogP contribution in [0.1, 0.15) is 26.3 Å². The summed E-state index contributed by atoms with van der Waals surface area (Å²) in [6.07, 6.45) is 0. The zero-order valence-electron chi connectivity index (χ0n) is 12.6. The van der Waals surface area contributed by atoms with Crippen LogP contribution in [-0.4, -0.2) is 17.4 Å². The van der Waals surface area contributed by atoms with Gasteiger partial charge in [0.25, 0.3) is 5.91 Å². The molecule has 0 fully saturated rings. The smallest absolute Gasteiger partial charge is 0.271 e. The molecule has 0 heterocycles. The molecule has 5 heteroatoms. The largest absolute Gasteiger partial charge is 0.399 e. The Morgan fingerprint density at radius 3 is 2.29 bits per heavy atom. The average molecular weight is 315 g/mol. The van der Waals surface area contributed by atoms with Crippen molar-refractivity contribution in [2.24, 2.45) is 5.10 Å². The number of hydrogen-bond acceptors (Lipinski definition) is 4. The Morgan fingerprint density at radius 1 is 0.917 bits per heavy atom. The quantitative estimate of drug-likeness (QED) is 0.563. The number of anilines is 1. The summed E-state index contributed by atoms with van der Waals surface area (Å²) in [6, 6.07) is 17.7. The molecule has 0 spiro atoms. The summed E-state index contributed by atoms with van der Waals surface area (Å²) in [7, 11) is 0. The van der Waals surface area contributed by atoms with Gasteiger partial charge in [-0.1, -0.05) is 36.4 Å². The molecule has 3 aromatic carbocycles. The SMILES string of the molecule is Nc1ccc(C(=O)N/N=C2\C(=O)c3cccc4cccc2c34)cc1. The molecule has 0 aliphatic heterocycles. The third-order valence-corrected chi connectivity index (χ3v) is 4.06. The van der Waals surface area contributed by atoms with Crippen LogP contribution >= 0.6 is 0 Å². The van der Waals surface area contributed by atoms with Crippen LogP contribution < -0.4 is 11.2 Å². The van der Waals surface area contributed by atoms with E-state index in [0.717, 1.165) is 16.3 Å². The summed E-state index contributed by atoms with van der Waals surface area (Å²) in [4.78, 5) is 24.7. The van der Waals surface area contributed by atoms with E-state index in [1.165, 1.54) is 0 Å². The number of amides is 1. The molecule has 0 radical (unpaired) electrons. The van der Waals surface area contributed by atoms with E-state index in [0.29, 0.717) is 16.8 Å². The highest BCUT2D eigenvalue weighted by atomic mass is 16.2. The lowest BCUT2D eigenvalue weighted by Gasteiger charge is -2.02. The standard InChI is InChI=1S/C19H13N3O2/c20-13-9-7-12(8-10-13)19(24)22-21-17-14-5-1-3-11-4-2-6-15(16(11)14)18(17)23/h1-10H,20H2,(H,22,24)/b21-17-. The van der Waals surface area contributed by atoms with Crippen molar-refractivity contribution in [2.75, 3.05) is 5.73 Å². The van der Waals surface area contributed by atoms with Crippen LogP contribution in [0.4, 0.5) is 5.69 Å². The Balaban J connectivity index is 1.69. The van der Waals surface area contributed by atoms with Crippen LogP contribution in [0.5, 0.6) is 0 Å². The van der Waals surface area contributed by atoms with E-state index in [2.05, 4.69) is 10.5 Å². The number of benzene rings is 3. The highest BCUT2D eigenvalue weighted by Crippen LogP contribution is 2.30. The van der Waals surface area contributed by atoms with Crippen LogP contribution in [0.25, 0.3) is 10.8 Å². The van der Waals surface area contributed by atoms with Gasteiger partial charge in [0.1, 0.15) is 5.71 Å². The Morgan fingerprint density at radius 2 is 1.58 bits per heavy atom. The predicted molar refractivity (Wildman–Crippen MR) is 93.1 cm³/mol. The second-order valence-electron chi connectivity index (χ2n) is 5.56. The number of carbonyl (C=O) groups is 2. The number of hydrazone groups is 1. The van der Waals surface area contributed by atoms with Crippen molar-refractivity contribution in [2.45, 2.75) is 0 Å². The summed E-state index contributed by atoms with van der Waals surface area (Å²) < 4.78 is 0. The summed E-state index contributed by atoms with van der Waals surface area (Å²) in [5.41, 5.74) is 10.7. The van der Waals surface area contributed by atoms with E-state index in [4.69, 9.17) is 5.73 Å². The number of nitrogens with one attached hydrogen (secondary N) is 1. The molecule has 1 aliphatic rings. The lowest BCUT2D eigenvalue weighted by Crippen LogP contribution is -2.22. The number of Topliss-reactive ketones (excluding diaryl/α,β-unsaturated/α-hetero) is 1. The van der Waals surface area contributed by atoms with E-state index in [1.807, 2.05) is 30.3 Å². The fraction of sp³-hybridized carbons (Fsp3) is 0. The third-order valence-electron chi connectivity index (χ3n) is 4.06. The zero-order chi connectivity index (χ0) is 16.7. The normalized spacial score (nSPS) is 14.3. The molecule has 5 nitrogen and oxygen atoms in total. The lowest BCUT2D eigenvalue weighted by molar-refractivity contribution is 0.0955. The molecule has 0 atom stereocenters. The Hall–Kier alpha value is -3.47. The summed E-state index contributed by atoms with van der Waals surface area (Å²) in [6.45, 7) is 0. The fourth-order valence-corrected chi connectivity index (χ4v) is 2.89. The number of ketones is 1. The second-order valence-corrected chi connectivity index (χ2v) is 5.56. The first-order valence-corrected chi connectivity index (χ1v) is 7.45. The average Bonchev–Trinajstić information content (AvgIpc) is 2.88. The van der Waals surface area contributed by atoms with Crippen LogP contribution in [0.2, 0.25) is 0 Å². The third kappa shape index (κ3) is 2.14. The van der Waals surface area contributed by atoms with E-state index < -0.39 is 5.91 Å². The van der Waals surface area contributed by atoms with Crippen molar-refractivity contribution in [3.8, 4) is 0 Å². The maximum absolute atomic E-state index is 12.6. The van der Waals surface area contributed by atoms with E-state index in [1.54, 1.807) is 30.3 Å². The van der Waals surface area contributed by atoms with Crippen molar-refractivity contribution in [3.05, 3.63) is 77.4 Å². The van der Waals surface area contributed by atoms with Crippen LogP contribution in [0.3, 0.4) is 0 Å². The van der Waals surface area contributed by atoms with Crippen molar-refractivity contribution in [1.29, 1.82) is 0 Å². The maximum Gasteiger partial charge on any atom is 0.271 e. The van der Waals surface area contributed by atoms with Gasteiger partial charge in [-0.05, 0) is 29.7 Å². The molecule has 3 N–H and O–H groups in total. The van der Waals surface area contributed by atoms with Gasteiger partial charge in [-0.3, -0.25) is 9.59 Å². The molecule has 3 aromatic rings. The van der Waals surface area contributed by atoms with Gasteiger partial charge in [0.05, 0.1) is 0 Å². The Kier molecular flexibility index (Phi) is 3.13. The molecule has 0 unspecified atom stereocenters. The molecule has 4 rings (SSSR count). The van der Waals surface area contributed by atoms with Gasteiger partial charge >= 0.3 is 0 Å². The van der Waals surface area contributed by atoms with Gasteiger partial charge < -0.3 is 5.73 Å². The predicted octanol–water partition coefficient (Wildman–Crippen LogP) is 2.75. The van der Waals surface area contributed by atoms with E-state index in [-0.39, 0.29) is 11.5 Å². The minimum atomic E-state index is -0.390. The number of nitrogen functional groups attached to an aromatic ring is 1. The summed E-state index contributed by atoms with van der Waals surface area (Å²) >= 11 is 0. The van der Waals surface area contributed by atoms with Crippen molar-refractivity contribution in [1.82, 2.24) is 5.43 Å². The van der Waals surface area contributed by atoms with E-state index in [9.17, 15) is 9.59 Å². The van der Waals surface area contributed by atoms with Gasteiger partial charge in [0, 0.05) is 27.8 Å². The van der Waals surface area contributed by atoms with Gasteiger partial charge in [-0.2, -0.15) is 5.10 Å². The molecule has 1 amide bonds. The van der Waals surface area contributed by atoms with E-state index >= 15 is 0 Å². The summed E-state index contributed by atoms with van der Waals surface area (Å²) in [5.74, 6) is -0.571. The van der Waals surface area contributed by atoms with Gasteiger partial charge in [-0.15, -0.1) is 0 Å². The Bertz CT molecular complexity index is 1020. The fourth-order valence-electron chi connectivity index (χ4n) is 2.89. The molecule has 0 saturated heterocycles. The lowest BCUT2D eigenvalue weighted by atomic mass is 10.1. The first-order valence-electron chi connectivity index (χ1n) is 7.45. The molecule has 0 bridgehead atoms. The number of nitrogens with two attached hydrogens (primary N) is 1. The highest BCUT2D eigenvalue weighted by molar-refractivity contribution is 6.59. The van der Waals surface area contributed by atoms with Gasteiger partial charge in [0.15, 0.2) is 0 Å². The molecule has 0 saturated carbocycles. The number of hydrogen-bond donors (Lipinski definition) is 2. The van der Waals surface area contributed by atoms with Gasteiger partial charge in [-0.25, -0.2) is 5.43 Å². The number of carbonyl (C=O) groups excluding carboxylic acids is 2. The molecular formula is C19H13N3O2. The monoisotopic (exact) mass is 315 g/mol. The first-order chi connectivity index (χ1) is 11.6. The molecule has 116 valence electrons. The highest BCUT2D eigenvalue weighted by Gasteiger charge is 2.28. The minimum Gasteiger partial charge on any atom is -0.399 e. The van der Waals surface area contributed by atoms with Crippen molar-refractivity contribution in [3.63, 3.8) is 0 Å². The molecule has 0 aromatic heterocycles. The second kappa shape index (κ2) is 5.31. The molecule has 1 aliphatic carbocycles. The van der Waals surface area contributed by atoms with Crippen molar-refractivity contribution < 1.29 is 9.59 Å². The van der Waals surface area contributed by atoms with Crippen LogP contribution in [-0.2, 0) is 0 Å². The number of rotatable bonds is 2. The molecular weight excluding hydrogens is 302 g/mol. The molecule has 24 heavy (non-hydrogen) atoms. The van der Waals surface area contributed by atoms with Gasteiger partial charge in [0.2, 0.25) is 5.78 Å². The Labute approximate surface area is 137 Å². The zero-order valence-corrected chi connectivity index (χ0v) is 12.6. The number of nitrogens with zero attached hydrogens (tertiary/aromatic N) is 1. The first kappa shape index (κ1) is 14.1. The minimum absolute atomic E-state index is 0.181. The van der Waals surface area contributed by atoms with Crippen LogP contribution in [0, 0.1) is 0 Å². The summed E-state index contributed by atoms with van der Waals surface area (Å²) in [5, 5.41) is 5.94.